The van der Waals surface area contributed by atoms with Gasteiger partial charge in [-0.1, -0.05) is 0 Å². The van der Waals surface area contributed by atoms with Crippen LogP contribution in [0.5, 0.6) is 0 Å². The quantitative estimate of drug-likeness (QED) is 0.0621. The predicted octanol–water partition coefficient (Wildman–Crippen LogP) is 5.44. The van der Waals surface area contributed by atoms with Gasteiger partial charge in [0.25, 0.3) is 0 Å². The summed E-state index contributed by atoms with van der Waals surface area (Å²) in [6.07, 6.45) is 4.16. The predicted molar refractivity (Wildman–Crippen MR) is 192 cm³/mol. The molecule has 296 valence electrons. The second-order valence-electron chi connectivity index (χ2n) is 11.4. The number of aromatic nitrogens is 10. The number of nitrogens with two attached hydrogens (primary N) is 1. The summed E-state index contributed by atoms with van der Waals surface area (Å²) in [5.41, 5.74) is 2.81. The summed E-state index contributed by atoms with van der Waals surface area (Å²) in [6.45, 7) is 3.34. The topological polar surface area (TPSA) is 217 Å². The number of nitrogens with zero attached hydrogens (tertiary/aromatic N) is 10. The minimum Gasteiger partial charge on any atom is -0.478 e. The molecule has 0 unspecified atom stereocenters. The first-order valence-electron chi connectivity index (χ1n) is 16.1. The fourth-order valence-electron chi connectivity index (χ4n) is 4.43. The number of aliphatic carboxylic acids is 1. The molecule has 0 saturated heterocycles. The lowest BCUT2D eigenvalue weighted by Gasteiger charge is -2.09. The molecule has 5 N–H and O–H groups in total. The molecule has 6 rings (SSSR count). The maximum absolute atomic E-state index is 13.0. The number of aryl methyl sites for hydroxylation is 2. The highest BCUT2D eigenvalue weighted by molar-refractivity contribution is 5.90. The van der Waals surface area contributed by atoms with Crippen molar-refractivity contribution in [1.29, 1.82) is 0 Å². The van der Waals surface area contributed by atoms with E-state index in [0.29, 0.717) is 22.6 Å². The number of benzene rings is 2. The SMILES string of the molecule is Cc1cc(-c2ncn(/C=C\C(=O)NCc3ccncn3)n2)cc(C(F)(F)F)c1.Cc1cc(-c2ncn(/C=C\C(=O)O)n2)cc(C(F)(F)F)c1.NNc1ccncn1. The molecule has 0 radical (unpaired) electrons. The van der Waals surface area contributed by atoms with E-state index in [4.69, 9.17) is 10.9 Å². The number of hydrazine groups is 1. The van der Waals surface area contributed by atoms with Crippen molar-refractivity contribution in [3.05, 3.63) is 126 Å². The summed E-state index contributed by atoms with van der Waals surface area (Å²) in [7, 11) is 0. The zero-order valence-electron chi connectivity index (χ0n) is 29.7. The number of amides is 1. The Kier molecular flexibility index (Phi) is 14.3. The number of hydrogen-bond donors (Lipinski definition) is 4. The van der Waals surface area contributed by atoms with Gasteiger partial charge < -0.3 is 15.8 Å². The third kappa shape index (κ3) is 13.8. The summed E-state index contributed by atoms with van der Waals surface area (Å²) in [5.74, 6) is 4.29. The van der Waals surface area contributed by atoms with Gasteiger partial charge in [0.05, 0.1) is 23.4 Å². The molecule has 4 heterocycles. The molecule has 0 aliphatic carbocycles. The number of carboxylic acids is 1. The van der Waals surface area contributed by atoms with Crippen molar-refractivity contribution in [1.82, 2.24) is 54.8 Å². The van der Waals surface area contributed by atoms with Crippen LogP contribution in [-0.2, 0) is 28.5 Å². The van der Waals surface area contributed by atoms with E-state index in [0.717, 1.165) is 41.2 Å². The highest BCUT2D eigenvalue weighted by atomic mass is 19.4. The number of nitrogen functional groups attached to an aromatic ring is 1. The lowest BCUT2D eigenvalue weighted by Crippen LogP contribution is -2.21. The van der Waals surface area contributed by atoms with Crippen molar-refractivity contribution < 1.29 is 41.0 Å². The van der Waals surface area contributed by atoms with Gasteiger partial charge >= 0.3 is 18.3 Å². The van der Waals surface area contributed by atoms with Gasteiger partial charge in [-0.25, -0.2) is 49.9 Å². The molecule has 4 aromatic heterocycles. The molecular formula is C35H31F6N13O3. The van der Waals surface area contributed by atoms with Crippen molar-refractivity contribution in [2.75, 3.05) is 5.43 Å². The van der Waals surface area contributed by atoms with Crippen LogP contribution in [0.4, 0.5) is 32.2 Å². The molecule has 6 aromatic rings. The van der Waals surface area contributed by atoms with Crippen molar-refractivity contribution in [2.24, 2.45) is 5.84 Å². The van der Waals surface area contributed by atoms with Gasteiger partial charge in [0, 0.05) is 54.1 Å². The Hall–Kier alpha value is -7.36. The first kappa shape index (κ1) is 42.4. The average molecular weight is 796 g/mol. The largest absolute Gasteiger partial charge is 0.478 e. The number of halogens is 6. The number of carboxylic acid groups (broad SMARTS) is 1. The van der Waals surface area contributed by atoms with Crippen LogP contribution in [-0.4, -0.2) is 66.4 Å². The third-order valence-corrected chi connectivity index (χ3v) is 6.91. The molecule has 0 spiro atoms. The number of carbonyl (C=O) groups excluding carboxylic acids is 1. The maximum Gasteiger partial charge on any atom is 0.416 e. The summed E-state index contributed by atoms with van der Waals surface area (Å²) in [5, 5.41) is 19.1. The monoisotopic (exact) mass is 795 g/mol. The number of alkyl halides is 6. The standard InChI is InChI=1S/C18H15F3N6O.C13H10F3N3O2.C4H6N4/c1-12-6-13(8-14(7-12)18(19,20)21)17-25-11-27(26-17)5-3-16(28)23-9-15-2-4-22-10-24-15;1-8-4-9(6-10(5-8)13(14,15)16)12-17-7-19(18-12)3-2-11(20)21;5-8-4-1-2-6-3-7-4/h2-8,10-11H,9H2,1H3,(H,23,28);2-7H,1H3,(H,20,21);1-3H,5H2,(H,6,7,8)/b5-3-;3-2-;. The minimum atomic E-state index is -4.45. The van der Waals surface area contributed by atoms with E-state index in [9.17, 15) is 35.9 Å². The van der Waals surface area contributed by atoms with Crippen LogP contribution in [0.3, 0.4) is 0 Å². The van der Waals surface area contributed by atoms with E-state index in [1.807, 2.05) is 0 Å². The van der Waals surface area contributed by atoms with Gasteiger partial charge in [-0.3, -0.25) is 4.79 Å². The number of nitrogens with one attached hydrogen (secondary N) is 2. The Balaban J connectivity index is 0.000000217. The van der Waals surface area contributed by atoms with Crippen molar-refractivity contribution >= 4 is 30.1 Å². The molecular weight excluding hydrogens is 764 g/mol. The van der Waals surface area contributed by atoms with Gasteiger partial charge in [0.15, 0.2) is 11.6 Å². The minimum absolute atomic E-state index is 0.0826. The van der Waals surface area contributed by atoms with E-state index in [-0.39, 0.29) is 35.2 Å². The molecule has 1 amide bonds. The first-order chi connectivity index (χ1) is 27.0. The molecule has 0 atom stereocenters. The van der Waals surface area contributed by atoms with Gasteiger partial charge in [0.1, 0.15) is 31.1 Å². The van der Waals surface area contributed by atoms with Crippen LogP contribution in [0.25, 0.3) is 35.2 Å². The van der Waals surface area contributed by atoms with Crippen molar-refractivity contribution in [3.8, 4) is 22.8 Å². The number of rotatable bonds is 9. The van der Waals surface area contributed by atoms with E-state index in [2.05, 4.69) is 50.8 Å². The number of anilines is 1. The van der Waals surface area contributed by atoms with Gasteiger partial charge in [-0.15, -0.1) is 10.2 Å². The molecule has 22 heteroatoms. The highest BCUT2D eigenvalue weighted by Gasteiger charge is 2.32. The number of hydrogen-bond acceptors (Lipinski definition) is 12. The van der Waals surface area contributed by atoms with Crippen LogP contribution in [0.15, 0.2) is 98.4 Å². The van der Waals surface area contributed by atoms with Crippen LogP contribution in [0.2, 0.25) is 0 Å². The Morgan fingerprint density at radius 2 is 1.25 bits per heavy atom. The number of carbonyl (C=O) groups is 2. The van der Waals surface area contributed by atoms with E-state index >= 15 is 0 Å². The summed E-state index contributed by atoms with van der Waals surface area (Å²) in [6, 6.07) is 10.5. The van der Waals surface area contributed by atoms with Crippen LogP contribution in [0.1, 0.15) is 27.9 Å². The first-order valence-corrected chi connectivity index (χ1v) is 16.1. The van der Waals surface area contributed by atoms with Crippen LogP contribution in [0, 0.1) is 13.8 Å². The molecule has 57 heavy (non-hydrogen) atoms. The molecule has 0 saturated carbocycles. The molecule has 0 bridgehead atoms. The summed E-state index contributed by atoms with van der Waals surface area (Å²) >= 11 is 0. The van der Waals surface area contributed by atoms with Gasteiger partial charge in [-0.05, 0) is 67.4 Å². The lowest BCUT2D eigenvalue weighted by molar-refractivity contribution is -0.138. The van der Waals surface area contributed by atoms with Crippen molar-refractivity contribution in [2.45, 2.75) is 32.7 Å². The Bertz CT molecular complexity index is 2310. The Labute approximate surface area is 318 Å². The van der Waals surface area contributed by atoms with E-state index < -0.39 is 29.4 Å². The maximum atomic E-state index is 13.0. The fraction of sp³-hybridized carbons (Fsp3) is 0.143. The normalized spacial score (nSPS) is 11.4. The van der Waals surface area contributed by atoms with Crippen molar-refractivity contribution in [3.63, 3.8) is 0 Å². The Morgan fingerprint density at radius 1 is 0.737 bits per heavy atom. The average Bonchev–Trinajstić information content (AvgIpc) is 3.86. The van der Waals surface area contributed by atoms with Gasteiger partial charge in [-0.2, -0.15) is 26.3 Å². The highest BCUT2D eigenvalue weighted by Crippen LogP contribution is 2.33. The molecule has 2 aromatic carbocycles. The van der Waals surface area contributed by atoms with Crippen LogP contribution >= 0.6 is 0 Å². The molecule has 0 aliphatic rings. The Morgan fingerprint density at radius 3 is 1.67 bits per heavy atom. The smallest absolute Gasteiger partial charge is 0.416 e. The second kappa shape index (κ2) is 19.3. The van der Waals surface area contributed by atoms with E-state index in [1.165, 1.54) is 48.3 Å². The van der Waals surface area contributed by atoms with Gasteiger partial charge in [0.2, 0.25) is 5.91 Å². The molecule has 0 aliphatic heterocycles. The second-order valence-corrected chi connectivity index (χ2v) is 11.4. The third-order valence-electron chi connectivity index (χ3n) is 6.91. The van der Waals surface area contributed by atoms with E-state index in [1.54, 1.807) is 44.4 Å². The zero-order valence-corrected chi connectivity index (χ0v) is 29.7. The summed E-state index contributed by atoms with van der Waals surface area (Å²) in [4.78, 5) is 45.3. The fourth-order valence-corrected chi connectivity index (χ4v) is 4.43. The molecule has 0 fully saturated rings. The van der Waals surface area contributed by atoms with Crippen LogP contribution < -0.4 is 16.6 Å². The summed E-state index contributed by atoms with van der Waals surface area (Å²) < 4.78 is 79.5. The zero-order chi connectivity index (χ0) is 41.6. The lowest BCUT2D eigenvalue weighted by atomic mass is 10.1. The molecule has 16 nitrogen and oxygen atoms in total.